The predicted octanol–water partition coefficient (Wildman–Crippen LogP) is 2.58. The molecule has 0 spiro atoms. The van der Waals surface area contributed by atoms with Crippen molar-refractivity contribution in [1.29, 1.82) is 0 Å². The van der Waals surface area contributed by atoms with Crippen LogP contribution in [0.1, 0.15) is 34.6 Å². The Morgan fingerprint density at radius 2 is 1.86 bits per heavy atom. The molecule has 0 unspecified atom stereocenters. The Bertz CT molecular complexity index is 654. The summed E-state index contributed by atoms with van der Waals surface area (Å²) in [4.78, 5) is 12.6. The molecule has 4 heteroatoms. The molecule has 0 saturated carbocycles. The molecule has 2 heterocycles. The van der Waals surface area contributed by atoms with E-state index < -0.39 is 0 Å². The van der Waals surface area contributed by atoms with E-state index in [-0.39, 0.29) is 11.9 Å². The number of rotatable bonds is 3. The van der Waals surface area contributed by atoms with Gasteiger partial charge in [0.25, 0.3) is 5.91 Å². The lowest BCUT2D eigenvalue weighted by atomic mass is 10.1. The zero-order valence-electron chi connectivity index (χ0n) is 13.2. The third kappa shape index (κ3) is 2.92. The molecule has 116 valence electrons. The molecule has 4 nitrogen and oxygen atoms in total. The van der Waals surface area contributed by atoms with E-state index in [0.29, 0.717) is 0 Å². The Morgan fingerprint density at radius 1 is 1.18 bits per heavy atom. The van der Waals surface area contributed by atoms with Crippen molar-refractivity contribution >= 4 is 5.91 Å². The van der Waals surface area contributed by atoms with Crippen molar-refractivity contribution in [1.82, 2.24) is 15.2 Å². The second-order valence-electron chi connectivity index (χ2n) is 5.95. The third-order valence-electron chi connectivity index (χ3n) is 4.36. The molecule has 1 amide bonds. The average molecular weight is 297 g/mol. The first-order chi connectivity index (χ1) is 10.7. The third-order valence-corrected chi connectivity index (χ3v) is 4.36. The van der Waals surface area contributed by atoms with E-state index in [1.54, 1.807) is 0 Å². The normalized spacial score (nSPS) is 15.7. The van der Waals surface area contributed by atoms with Crippen molar-refractivity contribution in [3.63, 3.8) is 0 Å². The maximum absolute atomic E-state index is 12.6. The van der Waals surface area contributed by atoms with Gasteiger partial charge in [-0.1, -0.05) is 18.2 Å². The number of aromatic nitrogens is 1. The molecular weight excluding hydrogens is 274 g/mol. The topological polar surface area (TPSA) is 46.1 Å². The van der Waals surface area contributed by atoms with Crippen molar-refractivity contribution in [2.24, 2.45) is 0 Å². The molecule has 0 radical (unpaired) electrons. The number of benzene rings is 1. The molecule has 1 aromatic carbocycles. The molecule has 3 rings (SSSR count). The lowest BCUT2D eigenvalue weighted by Crippen LogP contribution is -2.42. The molecule has 2 aromatic rings. The summed E-state index contributed by atoms with van der Waals surface area (Å²) < 4.78 is 2.14. The lowest BCUT2D eigenvalue weighted by molar-refractivity contribution is 0.0929. The van der Waals surface area contributed by atoms with E-state index >= 15 is 0 Å². The molecule has 2 N–H and O–H groups in total. The SMILES string of the molecule is Cc1cc(C(=O)NC2CCNCC2)c(C)n1-c1ccccc1. The summed E-state index contributed by atoms with van der Waals surface area (Å²) in [5.74, 6) is 0.0437. The van der Waals surface area contributed by atoms with Gasteiger partial charge in [0, 0.05) is 23.1 Å². The Hall–Kier alpha value is -2.07. The summed E-state index contributed by atoms with van der Waals surface area (Å²) in [5.41, 5.74) is 3.95. The lowest BCUT2D eigenvalue weighted by Gasteiger charge is -2.23. The molecule has 0 aliphatic carbocycles. The number of nitrogens with zero attached hydrogens (tertiary/aromatic N) is 1. The fraction of sp³-hybridized carbons (Fsp3) is 0.389. The summed E-state index contributed by atoms with van der Waals surface area (Å²) in [5, 5.41) is 6.49. The second kappa shape index (κ2) is 6.36. The fourth-order valence-electron chi connectivity index (χ4n) is 3.20. The minimum absolute atomic E-state index is 0.0437. The molecular formula is C18H23N3O. The maximum atomic E-state index is 12.6. The molecule has 0 atom stereocenters. The summed E-state index contributed by atoms with van der Waals surface area (Å²) in [6.45, 7) is 6.01. The van der Waals surface area contributed by atoms with Gasteiger partial charge in [-0.2, -0.15) is 0 Å². The molecule has 1 aliphatic rings. The van der Waals surface area contributed by atoms with E-state index in [0.717, 1.165) is 48.6 Å². The van der Waals surface area contributed by atoms with E-state index in [1.807, 2.05) is 38.1 Å². The summed E-state index contributed by atoms with van der Waals surface area (Å²) >= 11 is 0. The predicted molar refractivity (Wildman–Crippen MR) is 88.6 cm³/mol. The zero-order chi connectivity index (χ0) is 15.5. The van der Waals surface area contributed by atoms with Gasteiger partial charge in [0.05, 0.1) is 5.56 Å². The molecule has 1 aliphatic heterocycles. The standard InChI is InChI=1S/C18H23N3O/c1-13-12-17(18(22)20-15-8-10-19-11-9-15)14(2)21(13)16-6-4-3-5-7-16/h3-7,12,15,19H,8-11H2,1-2H3,(H,20,22). The zero-order valence-corrected chi connectivity index (χ0v) is 13.2. The number of amides is 1. The van der Waals surface area contributed by atoms with Crippen molar-refractivity contribution in [2.75, 3.05) is 13.1 Å². The Morgan fingerprint density at radius 3 is 2.55 bits per heavy atom. The van der Waals surface area contributed by atoms with Crippen LogP contribution in [0.4, 0.5) is 0 Å². The highest BCUT2D eigenvalue weighted by atomic mass is 16.1. The number of para-hydroxylation sites is 1. The minimum Gasteiger partial charge on any atom is -0.349 e. The van der Waals surface area contributed by atoms with Crippen LogP contribution in [0.2, 0.25) is 0 Å². The van der Waals surface area contributed by atoms with E-state index in [9.17, 15) is 4.79 Å². The highest BCUT2D eigenvalue weighted by molar-refractivity contribution is 5.96. The van der Waals surface area contributed by atoms with Crippen LogP contribution in [0.3, 0.4) is 0 Å². The summed E-state index contributed by atoms with van der Waals surface area (Å²) in [6, 6.07) is 12.4. The van der Waals surface area contributed by atoms with Crippen LogP contribution < -0.4 is 10.6 Å². The smallest absolute Gasteiger partial charge is 0.253 e. The van der Waals surface area contributed by atoms with E-state index in [1.165, 1.54) is 0 Å². The van der Waals surface area contributed by atoms with E-state index in [2.05, 4.69) is 27.3 Å². The average Bonchev–Trinajstić information content (AvgIpc) is 2.84. The van der Waals surface area contributed by atoms with Gasteiger partial charge >= 0.3 is 0 Å². The van der Waals surface area contributed by atoms with Crippen molar-refractivity contribution < 1.29 is 4.79 Å². The Kier molecular flexibility index (Phi) is 4.29. The van der Waals surface area contributed by atoms with Crippen LogP contribution in [-0.2, 0) is 0 Å². The molecule has 1 aromatic heterocycles. The minimum atomic E-state index is 0.0437. The summed E-state index contributed by atoms with van der Waals surface area (Å²) in [7, 11) is 0. The Balaban J connectivity index is 1.84. The molecule has 22 heavy (non-hydrogen) atoms. The number of hydrogen-bond donors (Lipinski definition) is 2. The van der Waals surface area contributed by atoms with Crippen LogP contribution in [0.25, 0.3) is 5.69 Å². The number of aryl methyl sites for hydroxylation is 1. The molecule has 1 saturated heterocycles. The van der Waals surface area contributed by atoms with Crippen molar-refractivity contribution in [2.45, 2.75) is 32.7 Å². The second-order valence-corrected chi connectivity index (χ2v) is 5.95. The van der Waals surface area contributed by atoms with Crippen molar-refractivity contribution in [3.8, 4) is 5.69 Å². The van der Waals surface area contributed by atoms with Gasteiger partial charge in [-0.05, 0) is 58.0 Å². The van der Waals surface area contributed by atoms with Crippen LogP contribution in [0, 0.1) is 13.8 Å². The number of carbonyl (C=O) groups excluding carboxylic acids is 1. The van der Waals surface area contributed by atoms with Gasteiger partial charge < -0.3 is 15.2 Å². The van der Waals surface area contributed by atoms with Gasteiger partial charge in [0.1, 0.15) is 0 Å². The monoisotopic (exact) mass is 297 g/mol. The fourth-order valence-corrected chi connectivity index (χ4v) is 3.20. The molecule has 1 fully saturated rings. The number of carbonyl (C=O) groups is 1. The van der Waals surface area contributed by atoms with Crippen molar-refractivity contribution in [3.05, 3.63) is 53.3 Å². The van der Waals surface area contributed by atoms with Gasteiger partial charge in [0.2, 0.25) is 0 Å². The van der Waals surface area contributed by atoms with Crippen LogP contribution in [0.15, 0.2) is 36.4 Å². The van der Waals surface area contributed by atoms with Gasteiger partial charge in [-0.3, -0.25) is 4.79 Å². The highest BCUT2D eigenvalue weighted by Gasteiger charge is 2.20. The Labute approximate surface area is 131 Å². The maximum Gasteiger partial charge on any atom is 0.253 e. The van der Waals surface area contributed by atoms with Crippen LogP contribution >= 0.6 is 0 Å². The van der Waals surface area contributed by atoms with Crippen LogP contribution in [-0.4, -0.2) is 29.6 Å². The molecule has 0 bridgehead atoms. The first kappa shape index (κ1) is 14.9. The van der Waals surface area contributed by atoms with E-state index in [4.69, 9.17) is 0 Å². The van der Waals surface area contributed by atoms with Crippen LogP contribution in [0.5, 0.6) is 0 Å². The summed E-state index contributed by atoms with van der Waals surface area (Å²) in [6.07, 6.45) is 2.01. The first-order valence-electron chi connectivity index (χ1n) is 7.93. The number of hydrogen-bond acceptors (Lipinski definition) is 2. The van der Waals surface area contributed by atoms with Gasteiger partial charge in [-0.15, -0.1) is 0 Å². The quantitative estimate of drug-likeness (QED) is 0.914. The largest absolute Gasteiger partial charge is 0.349 e. The van der Waals surface area contributed by atoms with Gasteiger partial charge in [0.15, 0.2) is 0 Å². The number of piperidine rings is 1. The first-order valence-corrected chi connectivity index (χ1v) is 7.93. The highest BCUT2D eigenvalue weighted by Crippen LogP contribution is 2.21. The van der Waals surface area contributed by atoms with Gasteiger partial charge in [-0.25, -0.2) is 0 Å². The number of nitrogens with one attached hydrogen (secondary N) is 2.